The number of piperidine rings is 1. The van der Waals surface area contributed by atoms with Crippen LogP contribution in [0.1, 0.15) is 30.9 Å². The molecule has 1 fully saturated rings. The molecule has 0 saturated carbocycles. The normalized spacial score (nSPS) is 15.6. The van der Waals surface area contributed by atoms with Crippen molar-refractivity contribution in [3.63, 3.8) is 0 Å². The molecule has 0 aliphatic carbocycles. The minimum Gasteiger partial charge on any atom is -0.494 e. The molecule has 4 aromatic rings. The van der Waals surface area contributed by atoms with Gasteiger partial charge in [0.2, 0.25) is 11.7 Å². The number of aromatic nitrogens is 3. The summed E-state index contributed by atoms with van der Waals surface area (Å²) in [7, 11) is 1.37. The molecule has 1 saturated heterocycles. The van der Waals surface area contributed by atoms with E-state index in [0.717, 1.165) is 6.20 Å². The largest absolute Gasteiger partial charge is 0.494 e. The minimum absolute atomic E-state index is 0.00790. The molecule has 0 N–H and O–H groups in total. The van der Waals surface area contributed by atoms with Gasteiger partial charge in [-0.25, -0.2) is 8.78 Å². The van der Waals surface area contributed by atoms with Gasteiger partial charge in [-0.3, -0.25) is 14.5 Å². The number of hydrogen-bond acceptors (Lipinski definition) is 5. The highest BCUT2D eigenvalue weighted by molar-refractivity contribution is 5.94. The molecule has 1 unspecified atom stereocenters. The van der Waals surface area contributed by atoms with E-state index in [9.17, 15) is 18.0 Å². The molecule has 3 heterocycles. The second kappa shape index (κ2) is 10.6. The molecule has 38 heavy (non-hydrogen) atoms. The third-order valence-corrected chi connectivity index (χ3v) is 6.60. The third-order valence-electron chi connectivity index (χ3n) is 6.60. The first-order valence-corrected chi connectivity index (χ1v) is 12.1. The van der Waals surface area contributed by atoms with Crippen molar-refractivity contribution in [1.29, 1.82) is 0 Å². The van der Waals surface area contributed by atoms with Crippen molar-refractivity contribution in [3.05, 3.63) is 78.9 Å². The first kappa shape index (κ1) is 25.3. The molecule has 7 nitrogen and oxygen atoms in total. The van der Waals surface area contributed by atoms with E-state index in [2.05, 4.69) is 11.6 Å². The monoisotopic (exact) mass is 522 g/mol. The third kappa shape index (κ3) is 4.69. The van der Waals surface area contributed by atoms with Crippen LogP contribution in [0.25, 0.3) is 22.2 Å². The number of pyridine rings is 1. The van der Waals surface area contributed by atoms with Crippen LogP contribution in [-0.4, -0.2) is 45.8 Å². The Morgan fingerprint density at radius 3 is 2.63 bits per heavy atom. The van der Waals surface area contributed by atoms with E-state index in [0.29, 0.717) is 53.8 Å². The van der Waals surface area contributed by atoms with Crippen LogP contribution in [0.5, 0.6) is 17.2 Å². The zero-order valence-corrected chi connectivity index (χ0v) is 20.6. The molecule has 10 heteroatoms. The summed E-state index contributed by atoms with van der Waals surface area (Å²) < 4.78 is 54.9. The van der Waals surface area contributed by atoms with Gasteiger partial charge in [-0.15, -0.1) is 0 Å². The Hall–Kier alpha value is -4.34. The number of alkyl halides is 2. The standard InChI is InChI=1S/C28H25F3N4O3/c1-3-24(36)34-13-5-6-18(16-34)35-27-20(14-32-15-21(27)28(30)31)26(33-35)17-9-11-19(12-10-17)38-23-8-4-7-22(37-2)25(23)29/h3-4,7-12,14-15,18,28H,1,5-6,13,16H2,2H3. The maximum Gasteiger partial charge on any atom is 0.267 e. The van der Waals surface area contributed by atoms with Crippen LogP contribution in [0.3, 0.4) is 0 Å². The Balaban J connectivity index is 1.52. The Kier molecular flexibility index (Phi) is 7.04. The Labute approximate surface area is 217 Å². The summed E-state index contributed by atoms with van der Waals surface area (Å²) in [5, 5.41) is 5.23. The first-order valence-electron chi connectivity index (χ1n) is 12.1. The molecule has 2 aromatic carbocycles. The predicted molar refractivity (Wildman–Crippen MR) is 136 cm³/mol. The van der Waals surface area contributed by atoms with Gasteiger partial charge in [-0.1, -0.05) is 12.6 Å². The summed E-state index contributed by atoms with van der Waals surface area (Å²) in [5.74, 6) is -0.374. The lowest BCUT2D eigenvalue weighted by Crippen LogP contribution is -2.40. The van der Waals surface area contributed by atoms with Crippen LogP contribution in [0, 0.1) is 5.82 Å². The second-order valence-corrected chi connectivity index (χ2v) is 8.90. The average molecular weight is 523 g/mol. The topological polar surface area (TPSA) is 69.5 Å². The molecule has 1 aliphatic heterocycles. The van der Waals surface area contributed by atoms with Crippen LogP contribution in [-0.2, 0) is 4.79 Å². The molecule has 5 rings (SSSR count). The van der Waals surface area contributed by atoms with Crippen LogP contribution in [0.15, 0.2) is 67.5 Å². The summed E-state index contributed by atoms with van der Waals surface area (Å²) in [6, 6.07) is 11.1. The summed E-state index contributed by atoms with van der Waals surface area (Å²) in [5.41, 5.74) is 1.19. The lowest BCUT2D eigenvalue weighted by molar-refractivity contribution is -0.127. The van der Waals surface area contributed by atoms with Gasteiger partial charge in [-0.05, 0) is 55.3 Å². The van der Waals surface area contributed by atoms with Gasteiger partial charge >= 0.3 is 0 Å². The van der Waals surface area contributed by atoms with Crippen LogP contribution >= 0.6 is 0 Å². The summed E-state index contributed by atoms with van der Waals surface area (Å²) in [6.45, 7) is 4.47. The number of amides is 1. The number of carbonyl (C=O) groups excluding carboxylic acids is 1. The molecule has 0 radical (unpaired) electrons. The van der Waals surface area contributed by atoms with E-state index in [4.69, 9.17) is 14.6 Å². The van der Waals surface area contributed by atoms with Gasteiger partial charge < -0.3 is 14.4 Å². The molecule has 2 aromatic heterocycles. The molecule has 0 spiro atoms. The molecule has 1 amide bonds. The predicted octanol–water partition coefficient (Wildman–Crippen LogP) is 6.33. The fraction of sp³-hybridized carbons (Fsp3) is 0.250. The summed E-state index contributed by atoms with van der Waals surface area (Å²) in [6.07, 6.45) is 2.57. The van der Waals surface area contributed by atoms with Crippen molar-refractivity contribution < 1.29 is 27.4 Å². The second-order valence-electron chi connectivity index (χ2n) is 8.90. The lowest BCUT2D eigenvalue weighted by Gasteiger charge is -2.32. The molecular formula is C28H25F3N4O3. The zero-order valence-electron chi connectivity index (χ0n) is 20.6. The minimum atomic E-state index is -2.75. The highest BCUT2D eigenvalue weighted by Crippen LogP contribution is 2.37. The highest BCUT2D eigenvalue weighted by Gasteiger charge is 2.29. The van der Waals surface area contributed by atoms with Gasteiger partial charge in [0.25, 0.3) is 6.43 Å². The average Bonchev–Trinajstić information content (AvgIpc) is 3.34. The number of benzene rings is 2. The van der Waals surface area contributed by atoms with Crippen LogP contribution < -0.4 is 9.47 Å². The maximum atomic E-state index is 14.5. The van der Waals surface area contributed by atoms with Crippen molar-refractivity contribution in [1.82, 2.24) is 19.7 Å². The van der Waals surface area contributed by atoms with Crippen molar-refractivity contribution in [2.45, 2.75) is 25.3 Å². The number of hydrogen-bond donors (Lipinski definition) is 0. The SMILES string of the molecule is C=CC(=O)N1CCCC(n2nc(-c3ccc(Oc4cccc(OC)c4F)cc3)c3cncc(C(F)F)c32)C1. The number of rotatable bonds is 7. The van der Waals surface area contributed by atoms with E-state index < -0.39 is 12.2 Å². The number of ether oxygens (including phenoxy) is 2. The lowest BCUT2D eigenvalue weighted by atomic mass is 10.0. The Bertz CT molecular complexity index is 1490. The summed E-state index contributed by atoms with van der Waals surface area (Å²) >= 11 is 0. The quantitative estimate of drug-likeness (QED) is 0.266. The summed E-state index contributed by atoms with van der Waals surface area (Å²) in [4.78, 5) is 17.9. The van der Waals surface area contributed by atoms with Gasteiger partial charge in [0.1, 0.15) is 11.4 Å². The smallest absolute Gasteiger partial charge is 0.267 e. The fourth-order valence-electron chi connectivity index (χ4n) is 4.77. The molecule has 0 bridgehead atoms. The van der Waals surface area contributed by atoms with E-state index in [-0.39, 0.29) is 29.0 Å². The number of carbonyl (C=O) groups is 1. The van der Waals surface area contributed by atoms with E-state index in [1.165, 1.54) is 31.5 Å². The van der Waals surface area contributed by atoms with Gasteiger partial charge in [0, 0.05) is 36.4 Å². The van der Waals surface area contributed by atoms with Crippen LogP contribution in [0.4, 0.5) is 13.2 Å². The van der Waals surface area contributed by atoms with E-state index in [1.807, 2.05) is 0 Å². The van der Waals surface area contributed by atoms with Crippen molar-refractivity contribution in [3.8, 4) is 28.5 Å². The molecule has 1 atom stereocenters. The van der Waals surface area contributed by atoms with Crippen molar-refractivity contribution in [2.24, 2.45) is 0 Å². The number of nitrogens with zero attached hydrogens (tertiary/aromatic N) is 4. The van der Waals surface area contributed by atoms with Crippen LogP contribution in [0.2, 0.25) is 0 Å². The molecular weight excluding hydrogens is 497 g/mol. The van der Waals surface area contributed by atoms with Crippen molar-refractivity contribution in [2.75, 3.05) is 20.2 Å². The number of methoxy groups -OCH3 is 1. The number of likely N-dealkylation sites (tertiary alicyclic amines) is 1. The van der Waals surface area contributed by atoms with E-state index in [1.54, 1.807) is 39.9 Å². The zero-order chi connectivity index (χ0) is 26.8. The maximum absolute atomic E-state index is 14.5. The fourth-order valence-corrected chi connectivity index (χ4v) is 4.77. The Morgan fingerprint density at radius 2 is 1.92 bits per heavy atom. The van der Waals surface area contributed by atoms with E-state index >= 15 is 0 Å². The first-order chi connectivity index (χ1) is 18.4. The Morgan fingerprint density at radius 1 is 1.16 bits per heavy atom. The molecule has 1 aliphatic rings. The number of fused-ring (bicyclic) bond motifs is 1. The highest BCUT2D eigenvalue weighted by atomic mass is 19.3. The number of halogens is 3. The molecule has 196 valence electrons. The van der Waals surface area contributed by atoms with Gasteiger partial charge in [-0.2, -0.15) is 9.49 Å². The van der Waals surface area contributed by atoms with Crippen molar-refractivity contribution >= 4 is 16.8 Å². The van der Waals surface area contributed by atoms with Gasteiger partial charge in [0.15, 0.2) is 11.5 Å². The van der Waals surface area contributed by atoms with Gasteiger partial charge in [0.05, 0.1) is 24.2 Å².